The van der Waals surface area contributed by atoms with Crippen molar-refractivity contribution in [3.8, 4) is 0 Å². The van der Waals surface area contributed by atoms with Gasteiger partial charge in [0.2, 0.25) is 0 Å². The van der Waals surface area contributed by atoms with Gasteiger partial charge in [0.25, 0.3) is 0 Å². The minimum absolute atomic E-state index is 0.0690. The Balaban J connectivity index is 3.06. The van der Waals surface area contributed by atoms with Crippen molar-refractivity contribution in [1.29, 1.82) is 0 Å². The lowest BCUT2D eigenvalue weighted by Gasteiger charge is -2.19. The summed E-state index contributed by atoms with van der Waals surface area (Å²) in [4.78, 5) is 11.1. The SMILES string of the molecule is CNCC(O)C(O)c1cccc(C(C)=O)c1F. The smallest absolute Gasteiger partial charge is 0.162 e. The number of hydrogen-bond donors (Lipinski definition) is 3. The fourth-order valence-corrected chi connectivity index (χ4v) is 1.58. The first-order valence-corrected chi connectivity index (χ1v) is 5.29. The monoisotopic (exact) mass is 241 g/mol. The van der Waals surface area contributed by atoms with Crippen molar-refractivity contribution < 1.29 is 19.4 Å². The van der Waals surface area contributed by atoms with Crippen LogP contribution in [0.5, 0.6) is 0 Å². The van der Waals surface area contributed by atoms with E-state index in [1.165, 1.54) is 25.1 Å². The Morgan fingerprint density at radius 3 is 2.65 bits per heavy atom. The molecule has 3 N–H and O–H groups in total. The number of rotatable bonds is 5. The summed E-state index contributed by atoms with van der Waals surface area (Å²) < 4.78 is 13.9. The minimum atomic E-state index is -1.36. The fraction of sp³-hybridized carbons (Fsp3) is 0.417. The molecule has 0 aliphatic rings. The van der Waals surface area contributed by atoms with Gasteiger partial charge in [-0.25, -0.2) is 4.39 Å². The first kappa shape index (κ1) is 13.8. The van der Waals surface area contributed by atoms with E-state index < -0.39 is 23.8 Å². The highest BCUT2D eigenvalue weighted by atomic mass is 19.1. The predicted molar refractivity (Wildman–Crippen MR) is 61.3 cm³/mol. The Labute approximate surface area is 99.1 Å². The number of likely N-dealkylation sites (N-methyl/N-ethyl adjacent to an activating group) is 1. The number of aliphatic hydroxyl groups excluding tert-OH is 2. The standard InChI is InChI=1S/C12H16FNO3/c1-7(15)8-4-3-5-9(11(8)13)12(17)10(16)6-14-2/h3-5,10,12,14,16-17H,6H2,1-2H3. The van der Waals surface area contributed by atoms with E-state index in [2.05, 4.69) is 5.32 Å². The van der Waals surface area contributed by atoms with Crippen LogP contribution in [0, 0.1) is 5.82 Å². The molecule has 17 heavy (non-hydrogen) atoms. The number of Topliss-reactive ketones (excluding diaryl/α,β-unsaturated/α-hetero) is 1. The van der Waals surface area contributed by atoms with Gasteiger partial charge in [0, 0.05) is 12.1 Å². The van der Waals surface area contributed by atoms with Gasteiger partial charge in [-0.2, -0.15) is 0 Å². The average molecular weight is 241 g/mol. The highest BCUT2D eigenvalue weighted by molar-refractivity contribution is 5.94. The summed E-state index contributed by atoms with van der Waals surface area (Å²) >= 11 is 0. The summed E-state index contributed by atoms with van der Waals surface area (Å²) in [7, 11) is 1.61. The minimum Gasteiger partial charge on any atom is -0.389 e. The van der Waals surface area contributed by atoms with Crippen molar-refractivity contribution in [2.45, 2.75) is 19.1 Å². The summed E-state index contributed by atoms with van der Waals surface area (Å²) in [6.45, 7) is 1.38. The molecule has 0 bridgehead atoms. The molecule has 0 saturated carbocycles. The molecule has 1 rings (SSSR count). The highest BCUT2D eigenvalue weighted by Gasteiger charge is 2.23. The van der Waals surface area contributed by atoms with E-state index in [4.69, 9.17) is 0 Å². The molecule has 0 saturated heterocycles. The molecule has 0 aliphatic carbocycles. The van der Waals surface area contributed by atoms with Gasteiger partial charge in [-0.1, -0.05) is 12.1 Å². The van der Waals surface area contributed by atoms with Crippen LogP contribution in [-0.2, 0) is 0 Å². The van der Waals surface area contributed by atoms with Crippen LogP contribution in [-0.4, -0.2) is 35.7 Å². The molecule has 0 spiro atoms. The number of carbonyl (C=O) groups excluding carboxylic acids is 1. The van der Waals surface area contributed by atoms with Gasteiger partial charge in [0.05, 0.1) is 11.7 Å². The summed E-state index contributed by atoms with van der Waals surface area (Å²) in [5.74, 6) is -1.19. The zero-order chi connectivity index (χ0) is 13.0. The number of halogens is 1. The molecule has 2 unspecified atom stereocenters. The van der Waals surface area contributed by atoms with Crippen LogP contribution in [0.1, 0.15) is 28.9 Å². The molecule has 0 radical (unpaired) electrons. The number of nitrogens with one attached hydrogen (secondary N) is 1. The van der Waals surface area contributed by atoms with Crippen LogP contribution < -0.4 is 5.32 Å². The van der Waals surface area contributed by atoms with Gasteiger partial charge >= 0.3 is 0 Å². The molecule has 4 nitrogen and oxygen atoms in total. The predicted octanol–water partition coefficient (Wildman–Crippen LogP) is 0.642. The zero-order valence-electron chi connectivity index (χ0n) is 9.77. The second kappa shape index (κ2) is 5.86. The largest absolute Gasteiger partial charge is 0.389 e. The molecule has 0 amide bonds. The van der Waals surface area contributed by atoms with Crippen molar-refractivity contribution in [3.05, 3.63) is 35.1 Å². The van der Waals surface area contributed by atoms with Crippen LogP contribution in [0.2, 0.25) is 0 Å². The summed E-state index contributed by atoms with van der Waals surface area (Å²) in [5.41, 5.74) is -0.154. The Hall–Kier alpha value is -1.30. The van der Waals surface area contributed by atoms with Gasteiger partial charge in [0.1, 0.15) is 11.9 Å². The molecule has 0 heterocycles. The van der Waals surface area contributed by atoms with Gasteiger partial charge in [-0.3, -0.25) is 4.79 Å². The fourth-order valence-electron chi connectivity index (χ4n) is 1.58. The molecule has 94 valence electrons. The lowest BCUT2D eigenvalue weighted by Crippen LogP contribution is -2.30. The van der Waals surface area contributed by atoms with Crippen LogP contribution >= 0.6 is 0 Å². The molecule has 5 heteroatoms. The summed E-state index contributed by atoms with van der Waals surface area (Å²) in [5, 5.41) is 22.0. The maximum Gasteiger partial charge on any atom is 0.162 e. The van der Waals surface area contributed by atoms with E-state index >= 15 is 0 Å². The maximum absolute atomic E-state index is 13.9. The molecule has 0 fully saturated rings. The van der Waals surface area contributed by atoms with Crippen molar-refractivity contribution in [2.75, 3.05) is 13.6 Å². The summed E-state index contributed by atoms with van der Waals surface area (Å²) in [6.07, 6.45) is -2.49. The van der Waals surface area contributed by atoms with Gasteiger partial charge in [0.15, 0.2) is 5.78 Å². The van der Waals surface area contributed by atoms with Crippen molar-refractivity contribution >= 4 is 5.78 Å². The maximum atomic E-state index is 13.9. The van der Waals surface area contributed by atoms with E-state index in [1.807, 2.05) is 0 Å². The average Bonchev–Trinajstić information content (AvgIpc) is 2.28. The van der Waals surface area contributed by atoms with Gasteiger partial charge < -0.3 is 15.5 Å². The Morgan fingerprint density at radius 1 is 1.47 bits per heavy atom. The van der Waals surface area contributed by atoms with Crippen molar-refractivity contribution in [1.82, 2.24) is 5.32 Å². The van der Waals surface area contributed by atoms with Crippen LogP contribution in [0.4, 0.5) is 4.39 Å². The van der Waals surface area contributed by atoms with E-state index in [9.17, 15) is 19.4 Å². The van der Waals surface area contributed by atoms with Crippen molar-refractivity contribution in [2.24, 2.45) is 0 Å². The van der Waals surface area contributed by atoms with Crippen LogP contribution in [0.25, 0.3) is 0 Å². The number of hydrogen-bond acceptors (Lipinski definition) is 4. The molecular formula is C12H16FNO3. The van der Waals surface area contributed by atoms with Gasteiger partial charge in [-0.05, 0) is 20.0 Å². The number of carbonyl (C=O) groups is 1. The van der Waals surface area contributed by atoms with Crippen molar-refractivity contribution in [3.63, 3.8) is 0 Å². The molecule has 2 atom stereocenters. The number of aliphatic hydroxyl groups is 2. The van der Waals surface area contributed by atoms with E-state index in [0.717, 1.165) is 0 Å². The number of ketones is 1. The second-order valence-electron chi connectivity index (χ2n) is 3.83. The summed E-state index contributed by atoms with van der Waals surface area (Å²) in [6, 6.07) is 4.17. The normalized spacial score (nSPS) is 14.4. The molecule has 1 aromatic rings. The Kier molecular flexibility index (Phi) is 4.74. The molecule has 1 aromatic carbocycles. The Morgan fingerprint density at radius 2 is 2.12 bits per heavy atom. The van der Waals surface area contributed by atoms with E-state index in [1.54, 1.807) is 7.05 Å². The molecular weight excluding hydrogens is 225 g/mol. The third-order valence-electron chi connectivity index (χ3n) is 2.50. The van der Waals surface area contributed by atoms with Gasteiger partial charge in [-0.15, -0.1) is 0 Å². The topological polar surface area (TPSA) is 69.6 Å². The first-order chi connectivity index (χ1) is 7.99. The quantitative estimate of drug-likeness (QED) is 0.662. The third kappa shape index (κ3) is 3.09. The van der Waals surface area contributed by atoms with Crippen LogP contribution in [0.15, 0.2) is 18.2 Å². The molecule has 0 aliphatic heterocycles. The van der Waals surface area contributed by atoms with E-state index in [0.29, 0.717) is 0 Å². The highest BCUT2D eigenvalue weighted by Crippen LogP contribution is 2.22. The lowest BCUT2D eigenvalue weighted by molar-refractivity contribution is 0.0181. The first-order valence-electron chi connectivity index (χ1n) is 5.29. The lowest BCUT2D eigenvalue weighted by atomic mass is 9.99. The Bertz CT molecular complexity index is 409. The van der Waals surface area contributed by atoms with Crippen LogP contribution in [0.3, 0.4) is 0 Å². The number of benzene rings is 1. The third-order valence-corrected chi connectivity index (χ3v) is 2.50. The molecule has 0 aromatic heterocycles. The van der Waals surface area contributed by atoms with E-state index in [-0.39, 0.29) is 17.7 Å². The zero-order valence-corrected chi connectivity index (χ0v) is 9.77. The second-order valence-corrected chi connectivity index (χ2v) is 3.83.